The fourth-order valence-corrected chi connectivity index (χ4v) is 4.27. The smallest absolute Gasteiger partial charge is 0.271 e. The van der Waals surface area contributed by atoms with Crippen molar-refractivity contribution < 1.29 is 19.0 Å². The van der Waals surface area contributed by atoms with Gasteiger partial charge in [-0.25, -0.2) is 5.43 Å². The second kappa shape index (κ2) is 12.5. The number of amides is 1. The third-order valence-electron chi connectivity index (χ3n) is 5.58. The molecule has 4 rings (SSSR count). The molecule has 8 heteroatoms. The standard InChI is InChI=1S/C27H28BrN3O4/c1-33-25-16-22(15-24(28)26(25)35-19-21-5-3-2-4-6-21)17-29-30-27(32)23-9-7-20(8-10-23)18-31-11-13-34-14-12-31/h2-10,15-17H,11-14,18-19H2,1H3,(H,30,32)/b29-17+. The molecule has 1 aliphatic heterocycles. The number of nitrogens with zero attached hydrogens (tertiary/aromatic N) is 2. The van der Waals surface area contributed by atoms with Gasteiger partial charge in [0.25, 0.3) is 5.91 Å². The van der Waals surface area contributed by atoms with Crippen LogP contribution in [0.3, 0.4) is 0 Å². The molecule has 7 nitrogen and oxygen atoms in total. The first-order chi connectivity index (χ1) is 17.1. The predicted molar refractivity (Wildman–Crippen MR) is 139 cm³/mol. The first-order valence-electron chi connectivity index (χ1n) is 11.4. The molecule has 0 saturated carbocycles. The van der Waals surface area contributed by atoms with Gasteiger partial charge in [-0.15, -0.1) is 0 Å². The Kier molecular flexibility index (Phi) is 8.89. The van der Waals surface area contributed by atoms with E-state index in [0.29, 0.717) is 23.7 Å². The third kappa shape index (κ3) is 7.14. The van der Waals surface area contributed by atoms with Crippen molar-refractivity contribution in [3.63, 3.8) is 0 Å². The Bertz CT molecular complexity index is 1150. The Morgan fingerprint density at radius 1 is 1.09 bits per heavy atom. The maximum Gasteiger partial charge on any atom is 0.271 e. The Hall–Kier alpha value is -3.20. The van der Waals surface area contributed by atoms with Crippen LogP contribution >= 0.6 is 15.9 Å². The van der Waals surface area contributed by atoms with Gasteiger partial charge in [-0.1, -0.05) is 42.5 Å². The number of carbonyl (C=O) groups excluding carboxylic acids is 1. The van der Waals surface area contributed by atoms with E-state index in [1.807, 2.05) is 60.7 Å². The average Bonchev–Trinajstić information content (AvgIpc) is 2.89. The minimum atomic E-state index is -0.270. The van der Waals surface area contributed by atoms with E-state index in [4.69, 9.17) is 14.2 Å². The van der Waals surface area contributed by atoms with E-state index >= 15 is 0 Å². The van der Waals surface area contributed by atoms with E-state index in [0.717, 1.165) is 48.4 Å². The van der Waals surface area contributed by atoms with E-state index in [9.17, 15) is 4.79 Å². The maximum absolute atomic E-state index is 12.5. The van der Waals surface area contributed by atoms with Crippen molar-refractivity contribution in [1.82, 2.24) is 10.3 Å². The van der Waals surface area contributed by atoms with E-state index in [-0.39, 0.29) is 5.91 Å². The molecule has 3 aromatic carbocycles. The van der Waals surface area contributed by atoms with Gasteiger partial charge < -0.3 is 14.2 Å². The number of hydrazone groups is 1. The Morgan fingerprint density at radius 3 is 2.54 bits per heavy atom. The summed E-state index contributed by atoms with van der Waals surface area (Å²) in [6.45, 7) is 4.67. The number of carbonyl (C=O) groups is 1. The number of ether oxygens (including phenoxy) is 3. The Balaban J connectivity index is 1.34. The quantitative estimate of drug-likeness (QED) is 0.318. The lowest BCUT2D eigenvalue weighted by atomic mass is 10.1. The summed E-state index contributed by atoms with van der Waals surface area (Å²) in [6, 6.07) is 21.2. The zero-order valence-corrected chi connectivity index (χ0v) is 21.2. The van der Waals surface area contributed by atoms with Crippen molar-refractivity contribution in [2.24, 2.45) is 5.10 Å². The first-order valence-corrected chi connectivity index (χ1v) is 12.2. The van der Waals surface area contributed by atoms with Crippen molar-refractivity contribution in [3.05, 3.63) is 93.5 Å². The van der Waals surface area contributed by atoms with Gasteiger partial charge in [0.2, 0.25) is 0 Å². The fourth-order valence-electron chi connectivity index (χ4n) is 3.69. The number of hydrogen-bond acceptors (Lipinski definition) is 6. The van der Waals surface area contributed by atoms with Crippen LogP contribution in [0.4, 0.5) is 0 Å². The van der Waals surface area contributed by atoms with E-state index in [1.54, 1.807) is 19.4 Å². The van der Waals surface area contributed by atoms with Gasteiger partial charge >= 0.3 is 0 Å². The lowest BCUT2D eigenvalue weighted by molar-refractivity contribution is 0.0342. The van der Waals surface area contributed by atoms with Crippen molar-refractivity contribution in [3.8, 4) is 11.5 Å². The molecule has 1 saturated heterocycles. The van der Waals surface area contributed by atoms with Gasteiger partial charge in [-0.3, -0.25) is 9.69 Å². The third-order valence-corrected chi connectivity index (χ3v) is 6.17. The molecule has 1 amide bonds. The molecule has 0 atom stereocenters. The van der Waals surface area contributed by atoms with Gasteiger partial charge in [-0.2, -0.15) is 5.10 Å². The molecular formula is C27H28BrN3O4. The minimum absolute atomic E-state index is 0.270. The van der Waals surface area contributed by atoms with Gasteiger partial charge in [0.1, 0.15) is 6.61 Å². The zero-order valence-electron chi connectivity index (χ0n) is 19.6. The summed E-state index contributed by atoms with van der Waals surface area (Å²) in [5.41, 5.74) is 6.11. The monoisotopic (exact) mass is 537 g/mol. The highest BCUT2D eigenvalue weighted by molar-refractivity contribution is 9.10. The second-order valence-electron chi connectivity index (χ2n) is 8.09. The van der Waals surface area contributed by atoms with Crippen molar-refractivity contribution in [1.29, 1.82) is 0 Å². The van der Waals surface area contributed by atoms with E-state index < -0.39 is 0 Å². The van der Waals surface area contributed by atoms with Crippen LogP contribution in [0.15, 0.2) is 76.3 Å². The van der Waals surface area contributed by atoms with Crippen molar-refractivity contribution >= 4 is 28.1 Å². The topological polar surface area (TPSA) is 72.4 Å². The molecule has 0 spiro atoms. The number of rotatable bonds is 9. The van der Waals surface area contributed by atoms with Gasteiger partial charge in [0, 0.05) is 25.2 Å². The maximum atomic E-state index is 12.5. The number of methoxy groups -OCH3 is 1. The van der Waals surface area contributed by atoms with Gasteiger partial charge in [0.15, 0.2) is 11.5 Å². The summed E-state index contributed by atoms with van der Waals surface area (Å²) in [4.78, 5) is 14.8. The van der Waals surface area contributed by atoms with Gasteiger partial charge in [-0.05, 0) is 56.9 Å². The second-order valence-corrected chi connectivity index (χ2v) is 8.95. The lowest BCUT2D eigenvalue weighted by Gasteiger charge is -2.26. The summed E-state index contributed by atoms with van der Waals surface area (Å²) in [5.74, 6) is 0.904. The van der Waals surface area contributed by atoms with E-state index in [2.05, 4.69) is 31.4 Å². The van der Waals surface area contributed by atoms with Crippen molar-refractivity contribution in [2.75, 3.05) is 33.4 Å². The van der Waals surface area contributed by atoms with Crippen LogP contribution < -0.4 is 14.9 Å². The first kappa shape index (κ1) is 24.9. The number of benzene rings is 3. The Morgan fingerprint density at radius 2 is 1.83 bits per heavy atom. The summed E-state index contributed by atoms with van der Waals surface area (Å²) in [6.07, 6.45) is 1.57. The van der Waals surface area contributed by atoms with Crippen LogP contribution in [-0.4, -0.2) is 50.4 Å². The molecule has 3 aromatic rings. The molecule has 0 aliphatic carbocycles. The Labute approximate surface area is 213 Å². The predicted octanol–water partition coefficient (Wildman–Crippen LogP) is 4.63. The number of hydrogen-bond donors (Lipinski definition) is 1. The molecule has 0 radical (unpaired) electrons. The summed E-state index contributed by atoms with van der Waals surface area (Å²) in [7, 11) is 1.59. The zero-order chi connectivity index (χ0) is 24.5. The number of nitrogens with one attached hydrogen (secondary N) is 1. The average molecular weight is 538 g/mol. The summed E-state index contributed by atoms with van der Waals surface area (Å²) >= 11 is 3.55. The highest BCUT2D eigenvalue weighted by atomic mass is 79.9. The summed E-state index contributed by atoms with van der Waals surface area (Å²) < 4.78 is 17.6. The molecule has 1 aliphatic rings. The molecular weight excluding hydrogens is 510 g/mol. The molecule has 1 N–H and O–H groups in total. The molecule has 0 bridgehead atoms. The lowest BCUT2D eigenvalue weighted by Crippen LogP contribution is -2.35. The SMILES string of the molecule is COc1cc(/C=N/NC(=O)c2ccc(CN3CCOCC3)cc2)cc(Br)c1OCc1ccccc1. The minimum Gasteiger partial charge on any atom is -0.493 e. The van der Waals surface area contributed by atoms with Crippen LogP contribution in [0.2, 0.25) is 0 Å². The van der Waals surface area contributed by atoms with Crippen LogP contribution in [0, 0.1) is 0 Å². The highest BCUT2D eigenvalue weighted by Gasteiger charge is 2.13. The van der Waals surface area contributed by atoms with Gasteiger partial charge in [0.05, 0.1) is 31.0 Å². The molecule has 0 unspecified atom stereocenters. The van der Waals surface area contributed by atoms with E-state index in [1.165, 1.54) is 5.56 Å². The summed E-state index contributed by atoms with van der Waals surface area (Å²) in [5, 5.41) is 4.11. The largest absolute Gasteiger partial charge is 0.493 e. The number of morpholine rings is 1. The highest BCUT2D eigenvalue weighted by Crippen LogP contribution is 2.36. The van der Waals surface area contributed by atoms with Crippen LogP contribution in [0.25, 0.3) is 0 Å². The molecule has 182 valence electrons. The van der Waals surface area contributed by atoms with Crippen LogP contribution in [0.5, 0.6) is 11.5 Å². The van der Waals surface area contributed by atoms with Crippen LogP contribution in [-0.2, 0) is 17.9 Å². The molecule has 0 aromatic heterocycles. The number of halogens is 1. The van der Waals surface area contributed by atoms with Crippen LogP contribution in [0.1, 0.15) is 27.0 Å². The fraction of sp³-hybridized carbons (Fsp3) is 0.259. The molecule has 35 heavy (non-hydrogen) atoms. The molecule has 1 fully saturated rings. The normalized spacial score (nSPS) is 14.1. The molecule has 1 heterocycles. The van der Waals surface area contributed by atoms with Crippen molar-refractivity contribution in [2.45, 2.75) is 13.2 Å².